The van der Waals surface area contributed by atoms with Gasteiger partial charge in [0.05, 0.1) is 5.52 Å². The summed E-state index contributed by atoms with van der Waals surface area (Å²) < 4.78 is 0. The standard InChI is InChI=1S/C19H15N3/c1-13-4-6-16-8-9-17(22-19(16)21-13)11-14-5-7-15-3-2-10-20-18(15)12-14/h2-10,12H,11H2,1H3. The first-order valence-corrected chi connectivity index (χ1v) is 7.35. The number of aromatic nitrogens is 3. The minimum absolute atomic E-state index is 0.790. The van der Waals surface area contributed by atoms with Gasteiger partial charge < -0.3 is 0 Å². The molecule has 22 heavy (non-hydrogen) atoms. The van der Waals surface area contributed by atoms with Gasteiger partial charge in [-0.3, -0.25) is 4.98 Å². The maximum absolute atomic E-state index is 4.68. The second-order valence-corrected chi connectivity index (χ2v) is 5.51. The number of rotatable bonds is 2. The van der Waals surface area contributed by atoms with Crippen molar-refractivity contribution in [1.82, 2.24) is 15.0 Å². The highest BCUT2D eigenvalue weighted by atomic mass is 14.9. The van der Waals surface area contributed by atoms with Gasteiger partial charge in [-0.15, -0.1) is 0 Å². The molecule has 0 aliphatic carbocycles. The molecule has 0 fully saturated rings. The topological polar surface area (TPSA) is 38.7 Å². The van der Waals surface area contributed by atoms with Gasteiger partial charge in [0.25, 0.3) is 0 Å². The lowest BCUT2D eigenvalue weighted by atomic mass is 10.1. The normalized spacial score (nSPS) is 11.1. The number of nitrogens with zero attached hydrogens (tertiary/aromatic N) is 3. The highest BCUT2D eigenvalue weighted by molar-refractivity contribution is 5.79. The van der Waals surface area contributed by atoms with Crippen molar-refractivity contribution in [2.75, 3.05) is 0 Å². The monoisotopic (exact) mass is 285 g/mol. The first-order valence-electron chi connectivity index (χ1n) is 7.35. The summed E-state index contributed by atoms with van der Waals surface area (Å²) in [5.41, 5.74) is 5.07. The zero-order chi connectivity index (χ0) is 14.9. The second-order valence-electron chi connectivity index (χ2n) is 5.51. The number of benzene rings is 1. The SMILES string of the molecule is Cc1ccc2ccc(Cc3ccc4cccnc4c3)nc2n1. The van der Waals surface area contributed by atoms with Gasteiger partial charge in [-0.2, -0.15) is 0 Å². The summed E-state index contributed by atoms with van der Waals surface area (Å²) in [6, 6.07) is 18.7. The molecule has 1 aromatic carbocycles. The van der Waals surface area contributed by atoms with E-state index in [1.807, 2.05) is 25.3 Å². The van der Waals surface area contributed by atoms with Gasteiger partial charge in [-0.1, -0.05) is 18.2 Å². The fraction of sp³-hybridized carbons (Fsp3) is 0.105. The lowest BCUT2D eigenvalue weighted by Gasteiger charge is -2.05. The molecule has 3 nitrogen and oxygen atoms in total. The van der Waals surface area contributed by atoms with Crippen LogP contribution in [0.2, 0.25) is 0 Å². The lowest BCUT2D eigenvalue weighted by molar-refractivity contribution is 1.08. The third kappa shape index (κ3) is 2.42. The summed E-state index contributed by atoms with van der Waals surface area (Å²) in [7, 11) is 0. The van der Waals surface area contributed by atoms with Crippen LogP contribution >= 0.6 is 0 Å². The number of hydrogen-bond acceptors (Lipinski definition) is 3. The van der Waals surface area contributed by atoms with Crippen LogP contribution in [0.3, 0.4) is 0 Å². The van der Waals surface area contributed by atoms with Gasteiger partial charge in [0.15, 0.2) is 5.65 Å². The molecule has 4 aromatic rings. The van der Waals surface area contributed by atoms with Gasteiger partial charge in [0.1, 0.15) is 0 Å². The molecule has 0 aliphatic heterocycles. The van der Waals surface area contributed by atoms with Gasteiger partial charge in [0.2, 0.25) is 0 Å². The zero-order valence-electron chi connectivity index (χ0n) is 12.3. The minimum atomic E-state index is 0.790. The smallest absolute Gasteiger partial charge is 0.159 e. The second kappa shape index (κ2) is 5.19. The molecular formula is C19H15N3. The third-order valence-corrected chi connectivity index (χ3v) is 3.80. The molecule has 106 valence electrons. The van der Waals surface area contributed by atoms with E-state index < -0.39 is 0 Å². The average Bonchev–Trinajstić information content (AvgIpc) is 2.54. The molecule has 0 unspecified atom stereocenters. The molecule has 0 amide bonds. The van der Waals surface area contributed by atoms with E-state index in [0.717, 1.165) is 39.7 Å². The van der Waals surface area contributed by atoms with E-state index in [4.69, 9.17) is 0 Å². The maximum atomic E-state index is 4.68. The van der Waals surface area contributed by atoms with Crippen LogP contribution in [0.15, 0.2) is 60.8 Å². The Kier molecular flexibility index (Phi) is 3.04. The lowest BCUT2D eigenvalue weighted by Crippen LogP contribution is -1.95. The molecule has 0 saturated carbocycles. The van der Waals surface area contributed by atoms with Crippen molar-refractivity contribution in [2.24, 2.45) is 0 Å². The highest BCUT2D eigenvalue weighted by Gasteiger charge is 2.03. The number of hydrogen-bond donors (Lipinski definition) is 0. The first kappa shape index (κ1) is 12.9. The number of fused-ring (bicyclic) bond motifs is 2. The Hall–Kier alpha value is -2.81. The fourth-order valence-corrected chi connectivity index (χ4v) is 2.66. The average molecular weight is 285 g/mol. The van der Waals surface area contributed by atoms with Crippen molar-refractivity contribution < 1.29 is 0 Å². The zero-order valence-corrected chi connectivity index (χ0v) is 12.3. The largest absolute Gasteiger partial charge is 0.256 e. The van der Waals surface area contributed by atoms with Crippen LogP contribution in [0.5, 0.6) is 0 Å². The van der Waals surface area contributed by atoms with Crippen molar-refractivity contribution in [3.05, 3.63) is 77.7 Å². The summed E-state index contributed by atoms with van der Waals surface area (Å²) in [5, 5.41) is 2.24. The van der Waals surface area contributed by atoms with Crippen LogP contribution in [0.1, 0.15) is 17.0 Å². The minimum Gasteiger partial charge on any atom is -0.256 e. The molecule has 4 rings (SSSR count). The van der Waals surface area contributed by atoms with Gasteiger partial charge in [-0.05, 0) is 48.9 Å². The van der Waals surface area contributed by atoms with E-state index in [2.05, 4.69) is 57.4 Å². The predicted molar refractivity (Wildman–Crippen MR) is 88.8 cm³/mol. The van der Waals surface area contributed by atoms with Crippen LogP contribution in [-0.4, -0.2) is 15.0 Å². The number of pyridine rings is 3. The summed E-state index contributed by atoms with van der Waals surface area (Å²) in [6.45, 7) is 1.99. The van der Waals surface area contributed by atoms with Crippen LogP contribution in [-0.2, 0) is 6.42 Å². The predicted octanol–water partition coefficient (Wildman–Crippen LogP) is 4.08. The molecule has 0 bridgehead atoms. The van der Waals surface area contributed by atoms with E-state index in [0.29, 0.717) is 0 Å². The van der Waals surface area contributed by atoms with Crippen molar-refractivity contribution in [1.29, 1.82) is 0 Å². The highest BCUT2D eigenvalue weighted by Crippen LogP contribution is 2.17. The number of aryl methyl sites for hydroxylation is 1. The van der Waals surface area contributed by atoms with Crippen molar-refractivity contribution in [2.45, 2.75) is 13.3 Å². The van der Waals surface area contributed by atoms with E-state index >= 15 is 0 Å². The third-order valence-electron chi connectivity index (χ3n) is 3.80. The van der Waals surface area contributed by atoms with Crippen LogP contribution < -0.4 is 0 Å². The molecule has 0 N–H and O–H groups in total. The molecule has 0 atom stereocenters. The Balaban J connectivity index is 1.72. The Labute approximate surface area is 128 Å². The van der Waals surface area contributed by atoms with Crippen molar-refractivity contribution in [3.63, 3.8) is 0 Å². The maximum Gasteiger partial charge on any atom is 0.159 e. The molecule has 3 heteroatoms. The molecule has 0 saturated heterocycles. The van der Waals surface area contributed by atoms with Crippen LogP contribution in [0.4, 0.5) is 0 Å². The van der Waals surface area contributed by atoms with Gasteiger partial charge >= 0.3 is 0 Å². The van der Waals surface area contributed by atoms with E-state index in [1.165, 1.54) is 5.56 Å². The molecular weight excluding hydrogens is 270 g/mol. The molecule has 3 heterocycles. The quantitative estimate of drug-likeness (QED) is 0.557. The van der Waals surface area contributed by atoms with E-state index in [1.54, 1.807) is 0 Å². The molecule has 0 aliphatic rings. The molecule has 0 spiro atoms. The molecule has 0 radical (unpaired) electrons. The Morgan fingerprint density at radius 1 is 0.864 bits per heavy atom. The summed E-state index contributed by atoms with van der Waals surface area (Å²) in [5.74, 6) is 0. The first-order chi connectivity index (χ1) is 10.8. The van der Waals surface area contributed by atoms with E-state index in [-0.39, 0.29) is 0 Å². The Morgan fingerprint density at radius 3 is 2.68 bits per heavy atom. The summed E-state index contributed by atoms with van der Waals surface area (Å²) in [6.07, 6.45) is 2.62. The van der Waals surface area contributed by atoms with Crippen LogP contribution in [0, 0.1) is 6.92 Å². The van der Waals surface area contributed by atoms with Crippen LogP contribution in [0.25, 0.3) is 21.9 Å². The van der Waals surface area contributed by atoms with Gasteiger partial charge in [0, 0.05) is 34.8 Å². The van der Waals surface area contributed by atoms with Crippen molar-refractivity contribution >= 4 is 21.9 Å². The van der Waals surface area contributed by atoms with Gasteiger partial charge in [-0.25, -0.2) is 9.97 Å². The molecule has 3 aromatic heterocycles. The Morgan fingerprint density at radius 2 is 1.73 bits per heavy atom. The fourth-order valence-electron chi connectivity index (χ4n) is 2.66. The van der Waals surface area contributed by atoms with Crippen molar-refractivity contribution in [3.8, 4) is 0 Å². The summed E-state index contributed by atoms with van der Waals surface area (Å²) in [4.78, 5) is 13.6. The van der Waals surface area contributed by atoms with E-state index in [9.17, 15) is 0 Å². The Bertz CT molecular complexity index is 976. The summed E-state index contributed by atoms with van der Waals surface area (Å²) >= 11 is 0.